The van der Waals surface area contributed by atoms with Gasteiger partial charge in [-0.1, -0.05) is 32.9 Å². The van der Waals surface area contributed by atoms with Crippen LogP contribution in [0.15, 0.2) is 18.2 Å². The minimum Gasteiger partial charge on any atom is -0.281 e. The third-order valence-corrected chi connectivity index (χ3v) is 5.12. The Morgan fingerprint density at radius 1 is 1.35 bits per heavy atom. The minimum absolute atomic E-state index is 0.0464. The number of likely N-dealkylation sites (N-methyl/N-ethyl adjacent to an activating group) is 1. The van der Waals surface area contributed by atoms with E-state index in [0.29, 0.717) is 5.56 Å². The molecule has 0 spiro atoms. The molecular formula is C16H20ClNO2. The second-order valence-electron chi connectivity index (χ2n) is 6.06. The van der Waals surface area contributed by atoms with Gasteiger partial charge in [-0.15, -0.1) is 11.6 Å². The molecule has 0 N–H and O–H groups in total. The number of imide groups is 1. The van der Waals surface area contributed by atoms with E-state index in [-0.39, 0.29) is 29.0 Å². The molecule has 3 nitrogen and oxygen atoms in total. The summed E-state index contributed by atoms with van der Waals surface area (Å²) in [6.45, 7) is 6.33. The smallest absolute Gasteiger partial charge is 0.260 e. The predicted octanol–water partition coefficient (Wildman–Crippen LogP) is 3.56. The third kappa shape index (κ3) is 2.47. The molecule has 1 aliphatic heterocycles. The maximum absolute atomic E-state index is 12.2. The highest BCUT2D eigenvalue weighted by molar-refractivity contribution is 6.21. The van der Waals surface area contributed by atoms with Crippen molar-refractivity contribution in [3.8, 4) is 0 Å². The van der Waals surface area contributed by atoms with Gasteiger partial charge >= 0.3 is 0 Å². The van der Waals surface area contributed by atoms with E-state index in [1.54, 1.807) is 0 Å². The van der Waals surface area contributed by atoms with Crippen LogP contribution in [-0.2, 0) is 11.2 Å². The van der Waals surface area contributed by atoms with E-state index in [2.05, 4.69) is 20.8 Å². The SMILES string of the molecule is CCC(C)(C)C(Cl)c1ccc2c(c1)C(=O)N(C)C(=O)C2. The summed E-state index contributed by atoms with van der Waals surface area (Å²) in [7, 11) is 1.52. The highest BCUT2D eigenvalue weighted by atomic mass is 35.5. The average molecular weight is 294 g/mol. The van der Waals surface area contributed by atoms with Gasteiger partial charge in [-0.25, -0.2) is 0 Å². The average Bonchev–Trinajstić information content (AvgIpc) is 2.44. The predicted molar refractivity (Wildman–Crippen MR) is 79.9 cm³/mol. The maximum atomic E-state index is 12.2. The van der Waals surface area contributed by atoms with E-state index >= 15 is 0 Å². The van der Waals surface area contributed by atoms with Gasteiger partial charge in [0.2, 0.25) is 5.91 Å². The highest BCUT2D eigenvalue weighted by Gasteiger charge is 2.31. The second kappa shape index (κ2) is 5.21. The fourth-order valence-electron chi connectivity index (χ4n) is 2.31. The molecule has 0 bridgehead atoms. The fourth-order valence-corrected chi connectivity index (χ4v) is 2.60. The Labute approximate surface area is 124 Å². The first kappa shape index (κ1) is 15.0. The van der Waals surface area contributed by atoms with E-state index in [1.807, 2.05) is 18.2 Å². The summed E-state index contributed by atoms with van der Waals surface area (Å²) in [5, 5.41) is -0.159. The zero-order valence-corrected chi connectivity index (χ0v) is 13.1. The summed E-state index contributed by atoms with van der Waals surface area (Å²) in [5.74, 6) is -0.400. The quantitative estimate of drug-likeness (QED) is 0.631. The molecule has 0 radical (unpaired) electrons. The monoisotopic (exact) mass is 293 g/mol. The summed E-state index contributed by atoms with van der Waals surface area (Å²) >= 11 is 6.56. The van der Waals surface area contributed by atoms with Crippen molar-refractivity contribution in [1.82, 2.24) is 4.90 Å². The Hall–Kier alpha value is -1.35. The number of fused-ring (bicyclic) bond motifs is 1. The van der Waals surface area contributed by atoms with Crippen molar-refractivity contribution in [2.24, 2.45) is 5.41 Å². The molecule has 0 aliphatic carbocycles. The summed E-state index contributed by atoms with van der Waals surface area (Å²) in [6, 6.07) is 5.63. The van der Waals surface area contributed by atoms with Crippen molar-refractivity contribution in [3.63, 3.8) is 0 Å². The lowest BCUT2D eigenvalue weighted by atomic mass is 9.81. The molecule has 0 saturated carbocycles. The first-order valence-electron chi connectivity index (χ1n) is 6.85. The standard InChI is InChI=1S/C16H20ClNO2/c1-5-16(2,3)14(17)11-7-6-10-9-13(19)18(4)15(20)12(10)8-11/h6-8,14H,5,9H2,1-4H3. The number of nitrogens with zero attached hydrogens (tertiary/aromatic N) is 1. The van der Waals surface area contributed by atoms with Crippen LogP contribution in [0.2, 0.25) is 0 Å². The molecule has 20 heavy (non-hydrogen) atoms. The number of hydrogen-bond donors (Lipinski definition) is 0. The van der Waals surface area contributed by atoms with Crippen LogP contribution < -0.4 is 0 Å². The molecular weight excluding hydrogens is 274 g/mol. The lowest BCUT2D eigenvalue weighted by Crippen LogP contribution is -2.39. The van der Waals surface area contributed by atoms with Crippen LogP contribution in [0, 0.1) is 5.41 Å². The van der Waals surface area contributed by atoms with Crippen LogP contribution >= 0.6 is 11.6 Å². The summed E-state index contributed by atoms with van der Waals surface area (Å²) in [5.41, 5.74) is 2.28. The van der Waals surface area contributed by atoms with Crippen molar-refractivity contribution in [3.05, 3.63) is 34.9 Å². The first-order valence-corrected chi connectivity index (χ1v) is 7.29. The fraction of sp³-hybridized carbons (Fsp3) is 0.500. The topological polar surface area (TPSA) is 37.4 Å². The number of amides is 2. The minimum atomic E-state index is -0.240. The number of rotatable bonds is 3. The van der Waals surface area contributed by atoms with Crippen molar-refractivity contribution in [2.45, 2.75) is 39.0 Å². The molecule has 1 atom stereocenters. The van der Waals surface area contributed by atoms with Crippen molar-refractivity contribution < 1.29 is 9.59 Å². The summed E-state index contributed by atoms with van der Waals surface area (Å²) in [4.78, 5) is 25.0. The van der Waals surface area contributed by atoms with Crippen molar-refractivity contribution >= 4 is 23.4 Å². The van der Waals surface area contributed by atoms with Crippen LogP contribution in [0.4, 0.5) is 0 Å². The van der Waals surface area contributed by atoms with Gasteiger partial charge in [-0.05, 0) is 29.0 Å². The van der Waals surface area contributed by atoms with E-state index in [4.69, 9.17) is 11.6 Å². The molecule has 1 unspecified atom stereocenters. The third-order valence-electron chi connectivity index (χ3n) is 4.27. The molecule has 0 saturated heterocycles. The van der Waals surface area contributed by atoms with Crippen LogP contribution in [0.25, 0.3) is 0 Å². The van der Waals surface area contributed by atoms with E-state index < -0.39 is 0 Å². The summed E-state index contributed by atoms with van der Waals surface area (Å²) < 4.78 is 0. The molecule has 108 valence electrons. The first-order chi connectivity index (χ1) is 9.27. The zero-order chi connectivity index (χ0) is 15.1. The zero-order valence-electron chi connectivity index (χ0n) is 12.4. The molecule has 1 aromatic rings. The Morgan fingerprint density at radius 3 is 2.60 bits per heavy atom. The Morgan fingerprint density at radius 2 is 2.00 bits per heavy atom. The van der Waals surface area contributed by atoms with E-state index in [1.165, 1.54) is 11.9 Å². The van der Waals surface area contributed by atoms with Crippen LogP contribution in [-0.4, -0.2) is 23.8 Å². The van der Waals surface area contributed by atoms with Gasteiger partial charge in [0.25, 0.3) is 5.91 Å². The molecule has 1 aliphatic rings. The van der Waals surface area contributed by atoms with Gasteiger partial charge in [0.15, 0.2) is 0 Å². The molecule has 4 heteroatoms. The summed E-state index contributed by atoms with van der Waals surface area (Å²) in [6.07, 6.45) is 1.23. The molecule has 1 heterocycles. The van der Waals surface area contributed by atoms with Gasteiger partial charge < -0.3 is 0 Å². The van der Waals surface area contributed by atoms with E-state index in [9.17, 15) is 9.59 Å². The van der Waals surface area contributed by atoms with Crippen LogP contribution in [0.3, 0.4) is 0 Å². The molecule has 1 aromatic carbocycles. The Bertz CT molecular complexity index is 566. The molecule has 2 amide bonds. The van der Waals surface area contributed by atoms with Gasteiger partial charge in [0.1, 0.15) is 0 Å². The largest absolute Gasteiger partial charge is 0.281 e. The number of carbonyl (C=O) groups is 2. The number of carbonyl (C=O) groups excluding carboxylic acids is 2. The molecule has 0 aromatic heterocycles. The van der Waals surface area contributed by atoms with Crippen LogP contribution in [0.1, 0.15) is 54.1 Å². The Kier molecular flexibility index (Phi) is 3.92. The van der Waals surface area contributed by atoms with Crippen molar-refractivity contribution in [2.75, 3.05) is 7.05 Å². The lowest BCUT2D eigenvalue weighted by molar-refractivity contribution is -0.127. The lowest BCUT2D eigenvalue weighted by Gasteiger charge is -2.30. The number of benzene rings is 1. The second-order valence-corrected chi connectivity index (χ2v) is 6.49. The van der Waals surface area contributed by atoms with Gasteiger partial charge in [0.05, 0.1) is 11.8 Å². The van der Waals surface area contributed by atoms with E-state index in [0.717, 1.165) is 17.5 Å². The van der Waals surface area contributed by atoms with Gasteiger partial charge in [0, 0.05) is 12.6 Å². The Balaban J connectivity index is 2.42. The normalized spacial score (nSPS) is 17.1. The van der Waals surface area contributed by atoms with Crippen LogP contribution in [0.5, 0.6) is 0 Å². The molecule has 2 rings (SSSR count). The van der Waals surface area contributed by atoms with Gasteiger partial charge in [-0.2, -0.15) is 0 Å². The molecule has 0 fully saturated rings. The number of alkyl halides is 1. The number of hydrogen-bond acceptors (Lipinski definition) is 2. The maximum Gasteiger partial charge on any atom is 0.260 e. The number of halogens is 1. The highest BCUT2D eigenvalue weighted by Crippen LogP contribution is 2.42. The van der Waals surface area contributed by atoms with Crippen molar-refractivity contribution in [1.29, 1.82) is 0 Å². The van der Waals surface area contributed by atoms with Gasteiger partial charge in [-0.3, -0.25) is 14.5 Å².